The summed E-state index contributed by atoms with van der Waals surface area (Å²) in [5.74, 6) is -1.92. The third-order valence-electron chi connectivity index (χ3n) is 3.19. The number of carboxylic acid groups (broad SMARTS) is 1. The Bertz CT molecular complexity index is 284. The molecule has 0 radical (unpaired) electrons. The van der Waals surface area contributed by atoms with Gasteiger partial charge < -0.3 is 9.84 Å². The molecule has 0 saturated carbocycles. The van der Waals surface area contributed by atoms with Crippen molar-refractivity contribution in [1.82, 2.24) is 0 Å². The summed E-state index contributed by atoms with van der Waals surface area (Å²) in [5.41, 5.74) is -0.499. The lowest BCUT2D eigenvalue weighted by atomic mass is 9.98. The van der Waals surface area contributed by atoms with Crippen LogP contribution in [0.15, 0.2) is 0 Å². The molecular formula is C15H28O4. The van der Waals surface area contributed by atoms with Crippen LogP contribution in [0.25, 0.3) is 0 Å². The van der Waals surface area contributed by atoms with Crippen LogP contribution in [0.4, 0.5) is 0 Å². The van der Waals surface area contributed by atoms with Crippen LogP contribution >= 0.6 is 0 Å². The Balaban J connectivity index is 4.28. The number of carbonyl (C=O) groups is 2. The Morgan fingerprint density at radius 1 is 1.16 bits per heavy atom. The number of rotatable bonds is 10. The lowest BCUT2D eigenvalue weighted by Crippen LogP contribution is -2.30. The van der Waals surface area contributed by atoms with Gasteiger partial charge in [0.25, 0.3) is 0 Å². The van der Waals surface area contributed by atoms with E-state index in [1.165, 1.54) is 0 Å². The second-order valence-corrected chi connectivity index (χ2v) is 5.72. The van der Waals surface area contributed by atoms with E-state index in [2.05, 4.69) is 6.92 Å². The highest BCUT2D eigenvalue weighted by Crippen LogP contribution is 2.21. The van der Waals surface area contributed by atoms with Crippen LogP contribution in [-0.2, 0) is 14.3 Å². The third kappa shape index (κ3) is 8.62. The van der Waals surface area contributed by atoms with Crippen molar-refractivity contribution < 1.29 is 19.4 Å². The van der Waals surface area contributed by atoms with E-state index in [4.69, 9.17) is 9.84 Å². The van der Waals surface area contributed by atoms with Crippen molar-refractivity contribution in [2.45, 2.75) is 78.2 Å². The fraction of sp³-hybridized carbons (Fsp3) is 0.867. The summed E-state index contributed by atoms with van der Waals surface area (Å²) in [6, 6.07) is 0. The quantitative estimate of drug-likeness (QED) is 0.615. The first-order valence-electron chi connectivity index (χ1n) is 7.27. The Morgan fingerprint density at radius 3 is 2.21 bits per heavy atom. The minimum atomic E-state index is -0.906. The normalized spacial score (nSPS) is 13.1. The summed E-state index contributed by atoms with van der Waals surface area (Å²) in [5, 5.41) is 9.08. The average molecular weight is 272 g/mol. The number of esters is 1. The molecule has 0 rings (SSSR count). The largest absolute Gasteiger partial charge is 0.481 e. The van der Waals surface area contributed by atoms with Crippen molar-refractivity contribution in [2.75, 3.05) is 0 Å². The fourth-order valence-corrected chi connectivity index (χ4v) is 1.97. The van der Waals surface area contributed by atoms with Gasteiger partial charge in [0.1, 0.15) is 5.60 Å². The van der Waals surface area contributed by atoms with Gasteiger partial charge in [-0.25, -0.2) is 0 Å². The van der Waals surface area contributed by atoms with E-state index in [9.17, 15) is 9.59 Å². The smallest absolute Gasteiger partial charge is 0.307 e. The molecule has 0 aliphatic heterocycles. The molecule has 0 amide bonds. The standard InChI is InChI=1S/C15H28O4/c1-5-7-9-12(14(17)18)11-13(16)19-15(3,4)10-8-6-2/h12H,5-11H2,1-4H3,(H,17,18). The van der Waals surface area contributed by atoms with Gasteiger partial charge in [-0.05, 0) is 33.1 Å². The molecule has 0 aliphatic carbocycles. The zero-order valence-electron chi connectivity index (χ0n) is 12.7. The van der Waals surface area contributed by atoms with E-state index in [1.807, 2.05) is 20.8 Å². The monoisotopic (exact) mass is 272 g/mol. The van der Waals surface area contributed by atoms with E-state index in [-0.39, 0.29) is 6.42 Å². The van der Waals surface area contributed by atoms with Crippen LogP contribution in [0.3, 0.4) is 0 Å². The highest BCUT2D eigenvalue weighted by molar-refractivity contribution is 5.78. The van der Waals surface area contributed by atoms with Crippen LogP contribution in [0, 0.1) is 5.92 Å². The summed E-state index contributed by atoms with van der Waals surface area (Å²) >= 11 is 0. The predicted octanol–water partition coefficient (Wildman–Crippen LogP) is 3.78. The lowest BCUT2D eigenvalue weighted by molar-refractivity contribution is -0.161. The number of carboxylic acids is 1. The first-order valence-corrected chi connectivity index (χ1v) is 7.27. The molecule has 0 aromatic carbocycles. The van der Waals surface area contributed by atoms with E-state index >= 15 is 0 Å². The molecule has 4 heteroatoms. The van der Waals surface area contributed by atoms with Crippen molar-refractivity contribution in [2.24, 2.45) is 5.92 Å². The van der Waals surface area contributed by atoms with E-state index < -0.39 is 23.5 Å². The number of ether oxygens (including phenoxy) is 1. The van der Waals surface area contributed by atoms with Crippen molar-refractivity contribution in [3.8, 4) is 0 Å². The van der Waals surface area contributed by atoms with Crippen molar-refractivity contribution >= 4 is 11.9 Å². The SMILES string of the molecule is CCCCC(CC(=O)OC(C)(C)CCCC)C(=O)O. The average Bonchev–Trinajstić information content (AvgIpc) is 2.31. The third-order valence-corrected chi connectivity index (χ3v) is 3.19. The fourth-order valence-electron chi connectivity index (χ4n) is 1.97. The maximum absolute atomic E-state index is 11.8. The Kier molecular flexibility index (Phi) is 8.44. The van der Waals surface area contributed by atoms with Gasteiger partial charge in [-0.15, -0.1) is 0 Å². The maximum Gasteiger partial charge on any atom is 0.307 e. The topological polar surface area (TPSA) is 63.6 Å². The van der Waals surface area contributed by atoms with Crippen molar-refractivity contribution in [1.29, 1.82) is 0 Å². The maximum atomic E-state index is 11.8. The van der Waals surface area contributed by atoms with Gasteiger partial charge in [0.05, 0.1) is 12.3 Å². The Hall–Kier alpha value is -1.06. The molecule has 0 heterocycles. The van der Waals surface area contributed by atoms with Crippen molar-refractivity contribution in [3.63, 3.8) is 0 Å². The first kappa shape index (κ1) is 17.9. The van der Waals surface area contributed by atoms with Crippen LogP contribution in [0.2, 0.25) is 0 Å². The van der Waals surface area contributed by atoms with Crippen LogP contribution in [0.1, 0.15) is 72.6 Å². The molecule has 0 bridgehead atoms. The van der Waals surface area contributed by atoms with Gasteiger partial charge >= 0.3 is 11.9 Å². The van der Waals surface area contributed by atoms with Gasteiger partial charge in [-0.1, -0.05) is 33.1 Å². The van der Waals surface area contributed by atoms with E-state index in [0.717, 1.165) is 32.1 Å². The number of carbonyl (C=O) groups excluding carboxylic acids is 1. The summed E-state index contributed by atoms with van der Waals surface area (Å²) in [7, 11) is 0. The molecule has 0 saturated heterocycles. The van der Waals surface area contributed by atoms with Gasteiger partial charge in [-0.2, -0.15) is 0 Å². The summed E-state index contributed by atoms with van der Waals surface area (Å²) in [6.07, 6.45) is 5.13. The molecule has 0 spiro atoms. The summed E-state index contributed by atoms with van der Waals surface area (Å²) < 4.78 is 5.40. The summed E-state index contributed by atoms with van der Waals surface area (Å²) in [4.78, 5) is 22.9. The highest BCUT2D eigenvalue weighted by atomic mass is 16.6. The zero-order chi connectivity index (χ0) is 14.9. The first-order chi connectivity index (χ1) is 8.82. The zero-order valence-corrected chi connectivity index (χ0v) is 12.7. The van der Waals surface area contributed by atoms with Crippen LogP contribution in [-0.4, -0.2) is 22.6 Å². The Morgan fingerprint density at radius 2 is 1.74 bits per heavy atom. The van der Waals surface area contributed by atoms with Gasteiger partial charge in [0.2, 0.25) is 0 Å². The molecule has 0 aliphatic rings. The Labute approximate surface area is 116 Å². The molecule has 112 valence electrons. The molecule has 1 N–H and O–H groups in total. The van der Waals surface area contributed by atoms with Crippen LogP contribution < -0.4 is 0 Å². The van der Waals surface area contributed by atoms with E-state index in [0.29, 0.717) is 6.42 Å². The predicted molar refractivity (Wildman–Crippen MR) is 75.0 cm³/mol. The second-order valence-electron chi connectivity index (χ2n) is 5.72. The highest BCUT2D eigenvalue weighted by Gasteiger charge is 2.26. The lowest BCUT2D eigenvalue weighted by Gasteiger charge is -2.25. The molecule has 0 aromatic heterocycles. The number of aliphatic carboxylic acids is 1. The minimum absolute atomic E-state index is 0.0229. The van der Waals surface area contributed by atoms with E-state index in [1.54, 1.807) is 0 Å². The number of unbranched alkanes of at least 4 members (excludes halogenated alkanes) is 2. The molecule has 19 heavy (non-hydrogen) atoms. The second kappa shape index (κ2) is 8.94. The molecule has 0 aromatic rings. The molecule has 4 nitrogen and oxygen atoms in total. The molecule has 0 fully saturated rings. The van der Waals surface area contributed by atoms with Gasteiger partial charge in [-0.3, -0.25) is 9.59 Å². The van der Waals surface area contributed by atoms with Crippen LogP contribution in [0.5, 0.6) is 0 Å². The van der Waals surface area contributed by atoms with Gasteiger partial charge in [0.15, 0.2) is 0 Å². The molecular weight excluding hydrogens is 244 g/mol. The minimum Gasteiger partial charge on any atom is -0.481 e. The molecule has 1 unspecified atom stereocenters. The number of hydrogen-bond acceptors (Lipinski definition) is 3. The van der Waals surface area contributed by atoms with Crippen molar-refractivity contribution in [3.05, 3.63) is 0 Å². The summed E-state index contributed by atoms with van der Waals surface area (Å²) in [6.45, 7) is 7.85. The van der Waals surface area contributed by atoms with Gasteiger partial charge in [0, 0.05) is 0 Å². The molecule has 1 atom stereocenters. The number of hydrogen-bond donors (Lipinski definition) is 1.